The van der Waals surface area contributed by atoms with Crippen molar-refractivity contribution in [2.24, 2.45) is 5.92 Å². The van der Waals surface area contributed by atoms with Crippen LogP contribution in [0.25, 0.3) is 11.1 Å². The lowest BCUT2D eigenvalue weighted by molar-refractivity contribution is 0.256. The van der Waals surface area contributed by atoms with E-state index in [2.05, 4.69) is 13.8 Å². The number of hydrogen-bond donors (Lipinski definition) is 2. The van der Waals surface area contributed by atoms with Crippen molar-refractivity contribution in [2.45, 2.75) is 33.1 Å². The molecule has 0 saturated heterocycles. The van der Waals surface area contributed by atoms with Crippen molar-refractivity contribution in [1.82, 2.24) is 0 Å². The van der Waals surface area contributed by atoms with E-state index in [4.69, 9.17) is 19.3 Å². The molecular formula is C21H27F2O5P. The topological polar surface area (TPSA) is 76.0 Å². The highest BCUT2D eigenvalue weighted by atomic mass is 31.2. The maximum absolute atomic E-state index is 14.5. The monoisotopic (exact) mass is 428 g/mol. The summed E-state index contributed by atoms with van der Waals surface area (Å²) in [6.45, 7) is 4.81. The fraction of sp³-hybridized carbons (Fsp3) is 0.429. The second-order valence-electron chi connectivity index (χ2n) is 7.03. The molecule has 29 heavy (non-hydrogen) atoms. The summed E-state index contributed by atoms with van der Waals surface area (Å²) in [6.07, 6.45) is 1.31. The molecule has 0 saturated carbocycles. The molecule has 0 amide bonds. The van der Waals surface area contributed by atoms with Crippen LogP contribution in [0.4, 0.5) is 8.78 Å². The zero-order valence-electron chi connectivity index (χ0n) is 16.6. The van der Waals surface area contributed by atoms with Gasteiger partial charge in [-0.25, -0.2) is 4.39 Å². The van der Waals surface area contributed by atoms with Crippen LogP contribution in [0, 0.1) is 17.6 Å². The second kappa shape index (κ2) is 10.7. The Kier molecular flexibility index (Phi) is 8.62. The number of benzene rings is 2. The molecule has 1 atom stereocenters. The van der Waals surface area contributed by atoms with Crippen LogP contribution < -0.4 is 9.47 Å². The summed E-state index contributed by atoms with van der Waals surface area (Å²) in [5.41, 5.74) is 0.635. The smallest absolute Gasteiger partial charge is 0.325 e. The highest BCUT2D eigenvalue weighted by Crippen LogP contribution is 2.35. The highest BCUT2D eigenvalue weighted by Gasteiger charge is 2.16. The first-order valence-corrected chi connectivity index (χ1v) is 11.4. The van der Waals surface area contributed by atoms with Crippen LogP contribution in [-0.4, -0.2) is 29.2 Å². The molecule has 0 radical (unpaired) electrons. The molecule has 8 heteroatoms. The quantitative estimate of drug-likeness (QED) is 0.371. The number of ether oxygens (including phenoxy) is 2. The van der Waals surface area contributed by atoms with E-state index in [1.165, 1.54) is 12.1 Å². The molecule has 0 fully saturated rings. The Morgan fingerprint density at radius 3 is 2.31 bits per heavy atom. The van der Waals surface area contributed by atoms with Gasteiger partial charge in [0, 0.05) is 11.7 Å². The molecule has 0 spiro atoms. The second-order valence-corrected chi connectivity index (χ2v) is 8.81. The first-order valence-electron chi connectivity index (χ1n) is 9.60. The largest absolute Gasteiger partial charge is 0.493 e. The summed E-state index contributed by atoms with van der Waals surface area (Å²) in [5, 5.41) is 0. The number of halogens is 2. The van der Waals surface area contributed by atoms with Gasteiger partial charge in [0.1, 0.15) is 5.75 Å². The summed E-state index contributed by atoms with van der Waals surface area (Å²) < 4.78 is 50.5. The molecule has 0 aliphatic rings. The molecule has 2 aromatic rings. The van der Waals surface area contributed by atoms with Gasteiger partial charge >= 0.3 is 7.60 Å². The minimum absolute atomic E-state index is 0.0396. The Bertz CT molecular complexity index is 836. The van der Waals surface area contributed by atoms with Gasteiger partial charge in [-0.1, -0.05) is 32.4 Å². The van der Waals surface area contributed by atoms with Crippen LogP contribution in [0.1, 0.15) is 33.1 Å². The molecule has 0 heterocycles. The Morgan fingerprint density at radius 2 is 1.69 bits per heavy atom. The zero-order chi connectivity index (χ0) is 21.4. The number of rotatable bonds is 11. The Hall–Kier alpha value is -1.95. The first-order chi connectivity index (χ1) is 13.7. The Balaban J connectivity index is 1.98. The van der Waals surface area contributed by atoms with E-state index in [0.29, 0.717) is 30.3 Å². The standard InChI is InChI=1S/C21H27F2O5P/c1-3-15(2)14-28-17-8-6-16(7-9-17)18-10-11-19(21(23)20(18)22)27-12-4-5-13-29(24,25)26/h6-11,15H,3-5,12-14H2,1-2H3,(H2,24,25,26)/t15-/m1/s1. The minimum Gasteiger partial charge on any atom is -0.493 e. The SMILES string of the molecule is CC[C@@H](C)COc1ccc(-c2ccc(OCCCCP(=O)(O)O)c(F)c2F)cc1. The van der Waals surface area contributed by atoms with Gasteiger partial charge in [-0.05, 0) is 48.6 Å². The third-order valence-corrected chi connectivity index (χ3v) is 5.44. The summed E-state index contributed by atoms with van der Waals surface area (Å²) in [4.78, 5) is 17.6. The molecule has 0 bridgehead atoms. The van der Waals surface area contributed by atoms with Crippen LogP contribution >= 0.6 is 7.60 Å². The molecule has 0 aliphatic carbocycles. The van der Waals surface area contributed by atoms with Crippen molar-refractivity contribution in [1.29, 1.82) is 0 Å². The number of unbranched alkanes of at least 4 members (excludes halogenated alkanes) is 1. The normalized spacial score (nSPS) is 12.6. The molecule has 2 rings (SSSR count). The van der Waals surface area contributed by atoms with Crippen molar-refractivity contribution in [3.05, 3.63) is 48.0 Å². The molecule has 0 aliphatic heterocycles. The maximum Gasteiger partial charge on any atom is 0.325 e. The van der Waals surface area contributed by atoms with Crippen molar-refractivity contribution in [3.63, 3.8) is 0 Å². The van der Waals surface area contributed by atoms with Crippen LogP contribution in [0.15, 0.2) is 36.4 Å². The van der Waals surface area contributed by atoms with E-state index in [1.807, 2.05) is 0 Å². The van der Waals surface area contributed by atoms with Crippen molar-refractivity contribution < 1.29 is 32.6 Å². The zero-order valence-corrected chi connectivity index (χ0v) is 17.5. The van der Waals surface area contributed by atoms with Crippen LogP contribution in [-0.2, 0) is 4.57 Å². The van der Waals surface area contributed by atoms with Gasteiger partial charge in [0.25, 0.3) is 0 Å². The van der Waals surface area contributed by atoms with Gasteiger partial charge in [0.2, 0.25) is 5.82 Å². The van der Waals surface area contributed by atoms with Gasteiger partial charge in [0.15, 0.2) is 11.6 Å². The van der Waals surface area contributed by atoms with Gasteiger partial charge in [-0.15, -0.1) is 0 Å². The van der Waals surface area contributed by atoms with Crippen LogP contribution in [0.3, 0.4) is 0 Å². The van der Waals surface area contributed by atoms with Crippen LogP contribution in [0.5, 0.6) is 11.5 Å². The van der Waals surface area contributed by atoms with Gasteiger partial charge < -0.3 is 19.3 Å². The Morgan fingerprint density at radius 1 is 1.00 bits per heavy atom. The van der Waals surface area contributed by atoms with Gasteiger partial charge in [-0.3, -0.25) is 4.57 Å². The van der Waals surface area contributed by atoms with E-state index in [9.17, 15) is 13.3 Å². The average molecular weight is 428 g/mol. The number of hydrogen-bond acceptors (Lipinski definition) is 3. The molecule has 5 nitrogen and oxygen atoms in total. The molecule has 2 N–H and O–H groups in total. The van der Waals surface area contributed by atoms with Crippen molar-refractivity contribution in [3.8, 4) is 22.6 Å². The molecular weight excluding hydrogens is 401 g/mol. The van der Waals surface area contributed by atoms with Crippen molar-refractivity contribution in [2.75, 3.05) is 19.4 Å². The predicted octanol–water partition coefficient (Wildman–Crippen LogP) is 5.39. The van der Waals surface area contributed by atoms with E-state index in [0.717, 1.165) is 6.42 Å². The minimum atomic E-state index is -4.05. The molecule has 160 valence electrons. The lowest BCUT2D eigenvalue weighted by atomic mass is 10.0. The predicted molar refractivity (Wildman–Crippen MR) is 108 cm³/mol. The molecule has 0 aromatic heterocycles. The van der Waals surface area contributed by atoms with Gasteiger partial charge in [-0.2, -0.15) is 4.39 Å². The summed E-state index contributed by atoms with van der Waals surface area (Å²) >= 11 is 0. The molecule has 0 unspecified atom stereocenters. The van der Waals surface area contributed by atoms with E-state index >= 15 is 0 Å². The summed E-state index contributed by atoms with van der Waals surface area (Å²) in [7, 11) is -4.05. The lowest BCUT2D eigenvalue weighted by Crippen LogP contribution is -2.07. The third-order valence-electron chi connectivity index (χ3n) is 4.54. The van der Waals surface area contributed by atoms with Crippen LogP contribution in [0.2, 0.25) is 0 Å². The first kappa shape index (κ1) is 23.3. The fourth-order valence-electron chi connectivity index (χ4n) is 2.56. The summed E-state index contributed by atoms with van der Waals surface area (Å²) in [5.74, 6) is -1.22. The Labute approximate surface area is 169 Å². The summed E-state index contributed by atoms with van der Waals surface area (Å²) in [6, 6.07) is 9.59. The van der Waals surface area contributed by atoms with Crippen molar-refractivity contribution >= 4 is 7.60 Å². The highest BCUT2D eigenvalue weighted by molar-refractivity contribution is 7.51. The fourth-order valence-corrected chi connectivity index (χ4v) is 3.19. The van der Waals surface area contributed by atoms with Gasteiger partial charge in [0.05, 0.1) is 13.2 Å². The molecule has 2 aromatic carbocycles. The van der Waals surface area contributed by atoms with E-state index in [1.54, 1.807) is 24.3 Å². The lowest BCUT2D eigenvalue weighted by Gasteiger charge is -2.13. The van der Waals surface area contributed by atoms with E-state index < -0.39 is 19.2 Å². The third kappa shape index (κ3) is 7.42. The van der Waals surface area contributed by atoms with E-state index in [-0.39, 0.29) is 30.5 Å². The maximum atomic E-state index is 14.5. The average Bonchev–Trinajstić information content (AvgIpc) is 2.68.